The summed E-state index contributed by atoms with van der Waals surface area (Å²) in [4.78, 5) is 11.3. The second-order valence-corrected chi connectivity index (χ2v) is 5.33. The molecule has 0 aliphatic carbocycles. The van der Waals surface area contributed by atoms with Crippen LogP contribution in [0.2, 0.25) is 0 Å². The first kappa shape index (κ1) is 12.9. The highest BCUT2D eigenvalue weighted by Gasteiger charge is 2.43. The van der Waals surface area contributed by atoms with E-state index in [0.29, 0.717) is 0 Å². The average molecular weight is 248 g/mol. The summed E-state index contributed by atoms with van der Waals surface area (Å²) < 4.78 is 28.5. The molecule has 1 aliphatic rings. The number of esters is 1. The predicted molar refractivity (Wildman–Crippen MR) is 52.5 cm³/mol. The molecule has 0 spiro atoms. The molecule has 1 saturated heterocycles. The summed E-state index contributed by atoms with van der Waals surface area (Å²) in [6, 6.07) is 0.485. The molecule has 0 aromatic carbocycles. The fraction of sp³-hybridized carbons (Fsp3) is 0.750. The third-order valence-electron chi connectivity index (χ3n) is 2.31. The number of rotatable bonds is 3. The Kier molecular flexibility index (Phi) is 3.85. The molecular formula is C8H12N2O5S. The number of nitrogens with zero attached hydrogens (tertiary/aromatic N) is 2. The first-order valence-electron chi connectivity index (χ1n) is 4.54. The van der Waals surface area contributed by atoms with Crippen LogP contribution in [-0.2, 0) is 19.6 Å². The number of nitriles is 1. The third-order valence-corrected chi connectivity index (χ3v) is 3.92. The molecule has 2 unspecified atom stereocenters. The van der Waals surface area contributed by atoms with E-state index in [1.165, 1.54) is 6.07 Å². The first-order chi connectivity index (χ1) is 7.42. The van der Waals surface area contributed by atoms with Crippen molar-refractivity contribution in [2.45, 2.75) is 18.6 Å². The maximum absolute atomic E-state index is 11.6. The van der Waals surface area contributed by atoms with Gasteiger partial charge in [-0.05, 0) is 0 Å². The van der Waals surface area contributed by atoms with E-state index in [1.807, 2.05) is 0 Å². The zero-order valence-electron chi connectivity index (χ0n) is 8.66. The van der Waals surface area contributed by atoms with Gasteiger partial charge in [-0.15, -0.1) is 0 Å². The van der Waals surface area contributed by atoms with Gasteiger partial charge >= 0.3 is 5.97 Å². The lowest BCUT2D eigenvalue weighted by atomic mass is 10.2. The second kappa shape index (κ2) is 4.78. The number of aliphatic hydroxyl groups is 1. The molecule has 0 amide bonds. The summed E-state index contributed by atoms with van der Waals surface area (Å²) in [7, 11) is -2.69. The van der Waals surface area contributed by atoms with Gasteiger partial charge in [0.05, 0.1) is 19.3 Å². The summed E-state index contributed by atoms with van der Waals surface area (Å²) >= 11 is 0. The molecule has 8 heteroatoms. The first-order valence-corrected chi connectivity index (χ1v) is 6.15. The number of aliphatic hydroxyl groups excluding tert-OH is 1. The maximum atomic E-state index is 11.6. The Labute approximate surface area is 93.3 Å². The van der Waals surface area contributed by atoms with Crippen molar-refractivity contribution in [3.63, 3.8) is 0 Å². The normalized spacial score (nSPS) is 26.3. The van der Waals surface area contributed by atoms with Gasteiger partial charge < -0.3 is 9.84 Å². The van der Waals surface area contributed by atoms with Crippen LogP contribution in [-0.4, -0.2) is 55.4 Å². The van der Waals surface area contributed by atoms with E-state index in [0.717, 1.165) is 11.4 Å². The summed E-state index contributed by atoms with van der Waals surface area (Å²) in [5, 5.41) is 17.7. The smallest absolute Gasteiger partial charge is 0.324 e. The number of ether oxygens (including phenoxy) is 1. The average Bonchev–Trinajstić information content (AvgIpc) is 2.60. The van der Waals surface area contributed by atoms with Crippen LogP contribution in [0.25, 0.3) is 0 Å². The fourth-order valence-corrected chi connectivity index (χ4v) is 2.89. The Bertz CT molecular complexity index is 413. The van der Waals surface area contributed by atoms with E-state index in [9.17, 15) is 18.3 Å². The molecule has 7 nitrogen and oxygen atoms in total. The van der Waals surface area contributed by atoms with Gasteiger partial charge in [-0.1, -0.05) is 0 Å². The molecule has 1 aliphatic heterocycles. The molecule has 0 aromatic rings. The monoisotopic (exact) mass is 248 g/mol. The molecular weight excluding hydrogens is 236 g/mol. The standard InChI is InChI=1S/C8H12N2O5S/c1-15-8(12)7-4-6(11)5-10(7)16(13,14)3-2-9/h6-7,11H,3-5H2,1H3. The molecule has 16 heavy (non-hydrogen) atoms. The number of hydrogen-bond donors (Lipinski definition) is 1. The molecule has 0 radical (unpaired) electrons. The fourth-order valence-electron chi connectivity index (χ4n) is 1.61. The van der Waals surface area contributed by atoms with E-state index in [4.69, 9.17) is 5.26 Å². The van der Waals surface area contributed by atoms with Crippen molar-refractivity contribution in [1.29, 1.82) is 5.26 Å². The van der Waals surface area contributed by atoms with Crippen molar-refractivity contribution < 1.29 is 23.1 Å². The van der Waals surface area contributed by atoms with E-state index in [1.54, 1.807) is 0 Å². The molecule has 0 aromatic heterocycles. The van der Waals surface area contributed by atoms with Gasteiger partial charge in [-0.3, -0.25) is 4.79 Å². The van der Waals surface area contributed by atoms with E-state index < -0.39 is 33.9 Å². The van der Waals surface area contributed by atoms with E-state index >= 15 is 0 Å². The second-order valence-electron chi connectivity index (χ2n) is 3.41. The number of methoxy groups -OCH3 is 1. The lowest BCUT2D eigenvalue weighted by molar-refractivity contribution is -0.144. The summed E-state index contributed by atoms with van der Waals surface area (Å²) in [5.41, 5.74) is 0. The van der Waals surface area contributed by atoms with Crippen molar-refractivity contribution in [2.24, 2.45) is 0 Å². The van der Waals surface area contributed by atoms with Crippen LogP contribution in [0.1, 0.15) is 6.42 Å². The SMILES string of the molecule is COC(=O)C1CC(O)CN1S(=O)(=O)CC#N. The summed E-state index contributed by atoms with van der Waals surface area (Å²) in [6.45, 7) is -0.177. The van der Waals surface area contributed by atoms with Crippen LogP contribution in [0, 0.1) is 11.3 Å². The molecule has 1 rings (SSSR count). The number of carbonyl (C=O) groups is 1. The molecule has 0 bridgehead atoms. The maximum Gasteiger partial charge on any atom is 0.324 e. The van der Waals surface area contributed by atoms with Gasteiger partial charge in [0.15, 0.2) is 5.75 Å². The highest BCUT2D eigenvalue weighted by molar-refractivity contribution is 7.89. The van der Waals surface area contributed by atoms with Crippen LogP contribution in [0.5, 0.6) is 0 Å². The number of β-amino-alcohol motifs (C(OH)–C–C–N with tert-alkyl or cyclic N) is 1. The van der Waals surface area contributed by atoms with Gasteiger partial charge in [0.25, 0.3) is 0 Å². The number of sulfonamides is 1. The van der Waals surface area contributed by atoms with Gasteiger partial charge in [-0.2, -0.15) is 9.57 Å². The summed E-state index contributed by atoms with van der Waals surface area (Å²) in [6.07, 6.45) is -0.908. The molecule has 90 valence electrons. The van der Waals surface area contributed by atoms with Gasteiger partial charge in [-0.25, -0.2) is 8.42 Å². The van der Waals surface area contributed by atoms with Gasteiger partial charge in [0.2, 0.25) is 10.0 Å². The van der Waals surface area contributed by atoms with Crippen molar-refractivity contribution in [3.8, 4) is 6.07 Å². The van der Waals surface area contributed by atoms with E-state index in [-0.39, 0.29) is 13.0 Å². The van der Waals surface area contributed by atoms with Gasteiger partial charge in [0.1, 0.15) is 6.04 Å². The Morgan fingerprint density at radius 2 is 2.31 bits per heavy atom. The predicted octanol–water partition coefficient (Wildman–Crippen LogP) is -1.55. The van der Waals surface area contributed by atoms with Gasteiger partial charge in [0, 0.05) is 13.0 Å². The van der Waals surface area contributed by atoms with Crippen molar-refractivity contribution in [3.05, 3.63) is 0 Å². The third kappa shape index (κ3) is 2.49. The van der Waals surface area contributed by atoms with Crippen LogP contribution < -0.4 is 0 Å². The number of carbonyl (C=O) groups excluding carboxylic acids is 1. The minimum Gasteiger partial charge on any atom is -0.468 e. The zero-order chi connectivity index (χ0) is 12.3. The minimum absolute atomic E-state index is 0.00265. The largest absolute Gasteiger partial charge is 0.468 e. The van der Waals surface area contributed by atoms with Crippen LogP contribution in [0.15, 0.2) is 0 Å². The van der Waals surface area contributed by atoms with Crippen molar-refractivity contribution in [1.82, 2.24) is 4.31 Å². The zero-order valence-corrected chi connectivity index (χ0v) is 9.48. The van der Waals surface area contributed by atoms with Crippen molar-refractivity contribution in [2.75, 3.05) is 19.4 Å². The molecule has 1 fully saturated rings. The Hall–Kier alpha value is -1.17. The summed E-state index contributed by atoms with van der Waals surface area (Å²) in [5.74, 6) is -1.44. The molecule has 2 atom stereocenters. The Balaban J connectivity index is 2.94. The van der Waals surface area contributed by atoms with E-state index in [2.05, 4.69) is 4.74 Å². The highest BCUT2D eigenvalue weighted by atomic mass is 32.2. The Morgan fingerprint density at radius 3 is 2.81 bits per heavy atom. The topological polar surface area (TPSA) is 108 Å². The quantitative estimate of drug-likeness (QED) is 0.606. The lowest BCUT2D eigenvalue weighted by Crippen LogP contribution is -2.42. The highest BCUT2D eigenvalue weighted by Crippen LogP contribution is 2.22. The Morgan fingerprint density at radius 1 is 1.69 bits per heavy atom. The van der Waals surface area contributed by atoms with Crippen molar-refractivity contribution >= 4 is 16.0 Å². The molecule has 0 saturated carbocycles. The molecule has 1 N–H and O–H groups in total. The van der Waals surface area contributed by atoms with Crippen LogP contribution in [0.4, 0.5) is 0 Å². The molecule has 1 heterocycles. The minimum atomic E-state index is -3.84. The van der Waals surface area contributed by atoms with Crippen LogP contribution >= 0.6 is 0 Å². The van der Waals surface area contributed by atoms with Crippen LogP contribution in [0.3, 0.4) is 0 Å². The number of hydrogen-bond acceptors (Lipinski definition) is 6. The lowest BCUT2D eigenvalue weighted by Gasteiger charge is -2.20.